The molecule has 0 unspecified atom stereocenters. The maximum Gasteiger partial charge on any atom is 0.311 e. The van der Waals surface area contributed by atoms with Crippen molar-refractivity contribution < 1.29 is 23.8 Å². The molecule has 27 heavy (non-hydrogen) atoms. The van der Waals surface area contributed by atoms with Crippen LogP contribution in [0.3, 0.4) is 0 Å². The van der Waals surface area contributed by atoms with Crippen molar-refractivity contribution in [3.05, 3.63) is 18.2 Å². The third-order valence-corrected chi connectivity index (χ3v) is 4.11. The van der Waals surface area contributed by atoms with E-state index in [0.717, 1.165) is 51.4 Å². The Balaban J connectivity index is 2.87. The summed E-state index contributed by atoms with van der Waals surface area (Å²) in [4.78, 5) is 24.2. The topological polar surface area (TPSA) is 61.8 Å². The lowest BCUT2D eigenvalue weighted by Crippen LogP contribution is -2.13. The third kappa shape index (κ3) is 9.45. The Morgan fingerprint density at radius 1 is 0.741 bits per heavy atom. The van der Waals surface area contributed by atoms with Gasteiger partial charge in [-0.15, -0.1) is 0 Å². The van der Waals surface area contributed by atoms with Crippen LogP contribution >= 0.6 is 0 Å². The minimum absolute atomic E-state index is 0.207. The summed E-state index contributed by atoms with van der Waals surface area (Å²) in [5.74, 6) is 0.218. The molecule has 0 spiro atoms. The van der Waals surface area contributed by atoms with Crippen LogP contribution in [0.1, 0.15) is 85.0 Å². The van der Waals surface area contributed by atoms with Crippen molar-refractivity contribution in [2.45, 2.75) is 85.0 Å². The highest BCUT2D eigenvalue weighted by atomic mass is 16.6. The van der Waals surface area contributed by atoms with E-state index >= 15 is 0 Å². The highest BCUT2D eigenvalue weighted by Crippen LogP contribution is 2.38. The number of carbonyl (C=O) groups excluding carboxylic acids is 2. The van der Waals surface area contributed by atoms with Gasteiger partial charge in [-0.2, -0.15) is 0 Å². The van der Waals surface area contributed by atoms with Crippen molar-refractivity contribution in [2.24, 2.45) is 0 Å². The molecule has 0 atom stereocenters. The smallest absolute Gasteiger partial charge is 0.311 e. The van der Waals surface area contributed by atoms with Crippen LogP contribution in [0.5, 0.6) is 17.2 Å². The van der Waals surface area contributed by atoms with Crippen LogP contribution in [0.15, 0.2) is 18.2 Å². The zero-order valence-electron chi connectivity index (χ0n) is 17.1. The van der Waals surface area contributed by atoms with Gasteiger partial charge in [-0.1, -0.05) is 58.9 Å². The van der Waals surface area contributed by atoms with Crippen LogP contribution in [-0.2, 0) is 9.59 Å². The summed E-state index contributed by atoms with van der Waals surface area (Å²) in [6.45, 7) is 6.72. The van der Waals surface area contributed by atoms with Gasteiger partial charge in [-0.3, -0.25) is 9.59 Å². The molecule has 0 radical (unpaired) electrons. The number of hydrogen-bond donors (Lipinski definition) is 0. The molecule has 0 bridgehead atoms. The Labute approximate surface area is 163 Å². The van der Waals surface area contributed by atoms with Gasteiger partial charge in [0.2, 0.25) is 5.75 Å². The number of unbranched alkanes of at least 4 members (excludes halogenated alkanes) is 5. The summed E-state index contributed by atoms with van der Waals surface area (Å²) in [5, 5.41) is 0. The number of carbonyl (C=O) groups is 2. The predicted molar refractivity (Wildman–Crippen MR) is 106 cm³/mol. The third-order valence-electron chi connectivity index (χ3n) is 4.11. The van der Waals surface area contributed by atoms with Gasteiger partial charge < -0.3 is 14.2 Å². The number of para-hydroxylation sites is 1. The molecule has 1 aromatic rings. The van der Waals surface area contributed by atoms with Gasteiger partial charge in [0.25, 0.3) is 0 Å². The Bertz CT molecular complexity index is 568. The SMILES string of the molecule is CCCCCCOc1cccc(OC(=O)CCCC)c1OC(=O)CCCC. The summed E-state index contributed by atoms with van der Waals surface area (Å²) >= 11 is 0. The molecule has 0 aliphatic carbocycles. The van der Waals surface area contributed by atoms with Crippen LogP contribution < -0.4 is 14.2 Å². The van der Waals surface area contributed by atoms with Crippen molar-refractivity contribution in [1.29, 1.82) is 0 Å². The first-order valence-corrected chi connectivity index (χ1v) is 10.3. The zero-order valence-corrected chi connectivity index (χ0v) is 17.1. The standard InChI is InChI=1S/C22H34O5/c1-4-7-10-11-17-25-18-13-12-14-19(26-20(23)15-8-5-2)22(18)27-21(24)16-9-6-3/h12-14H,4-11,15-17H2,1-3H3. The number of hydrogen-bond acceptors (Lipinski definition) is 5. The van der Waals surface area contributed by atoms with E-state index in [-0.39, 0.29) is 23.4 Å². The minimum Gasteiger partial charge on any atom is -0.490 e. The van der Waals surface area contributed by atoms with Crippen LogP contribution in [0, 0.1) is 0 Å². The van der Waals surface area contributed by atoms with Crippen molar-refractivity contribution >= 4 is 11.9 Å². The van der Waals surface area contributed by atoms with E-state index in [1.54, 1.807) is 18.2 Å². The molecule has 1 rings (SSSR count). The molecule has 1 aromatic carbocycles. The lowest BCUT2D eigenvalue weighted by Gasteiger charge is -2.15. The number of rotatable bonds is 14. The molecular weight excluding hydrogens is 344 g/mol. The van der Waals surface area contributed by atoms with E-state index in [2.05, 4.69) is 6.92 Å². The van der Waals surface area contributed by atoms with Gasteiger partial charge >= 0.3 is 11.9 Å². The molecule has 0 fully saturated rings. The van der Waals surface area contributed by atoms with Crippen LogP contribution in [-0.4, -0.2) is 18.5 Å². The average Bonchev–Trinajstić information content (AvgIpc) is 2.66. The first kappa shape index (κ1) is 23.0. The summed E-state index contributed by atoms with van der Waals surface area (Å²) in [5.41, 5.74) is 0. The molecule has 0 saturated carbocycles. The summed E-state index contributed by atoms with van der Waals surface area (Å²) < 4.78 is 16.8. The summed E-state index contributed by atoms with van der Waals surface area (Å²) in [7, 11) is 0. The molecule has 0 heterocycles. The lowest BCUT2D eigenvalue weighted by atomic mass is 10.2. The monoisotopic (exact) mass is 378 g/mol. The molecule has 0 aliphatic rings. The molecule has 152 valence electrons. The molecule has 0 aromatic heterocycles. The van der Waals surface area contributed by atoms with Gasteiger partial charge in [0.15, 0.2) is 11.5 Å². The van der Waals surface area contributed by atoms with E-state index < -0.39 is 0 Å². The molecule has 0 amide bonds. The second kappa shape index (κ2) is 14.1. The van der Waals surface area contributed by atoms with Gasteiger partial charge in [-0.25, -0.2) is 0 Å². The molecule has 0 saturated heterocycles. The Hall–Kier alpha value is -2.04. The molecule has 5 heteroatoms. The largest absolute Gasteiger partial charge is 0.490 e. The number of benzene rings is 1. The molecule has 0 N–H and O–H groups in total. The van der Waals surface area contributed by atoms with Crippen LogP contribution in [0.25, 0.3) is 0 Å². The highest BCUT2D eigenvalue weighted by molar-refractivity contribution is 5.77. The summed E-state index contributed by atoms with van der Waals surface area (Å²) in [6, 6.07) is 5.12. The van der Waals surface area contributed by atoms with E-state index in [4.69, 9.17) is 14.2 Å². The van der Waals surface area contributed by atoms with Gasteiger partial charge in [-0.05, 0) is 31.4 Å². The summed E-state index contributed by atoms with van der Waals surface area (Å²) in [6.07, 6.45) is 8.33. The fourth-order valence-corrected chi connectivity index (χ4v) is 2.48. The van der Waals surface area contributed by atoms with Crippen molar-refractivity contribution in [1.82, 2.24) is 0 Å². The molecule has 5 nitrogen and oxygen atoms in total. The van der Waals surface area contributed by atoms with Crippen molar-refractivity contribution in [3.63, 3.8) is 0 Å². The average molecular weight is 379 g/mol. The van der Waals surface area contributed by atoms with Crippen molar-refractivity contribution in [3.8, 4) is 17.2 Å². The van der Waals surface area contributed by atoms with Gasteiger partial charge in [0.05, 0.1) is 6.61 Å². The maximum absolute atomic E-state index is 12.1. The number of esters is 2. The normalized spacial score (nSPS) is 10.5. The fraction of sp³-hybridized carbons (Fsp3) is 0.636. The van der Waals surface area contributed by atoms with E-state index in [0.29, 0.717) is 25.2 Å². The van der Waals surface area contributed by atoms with Crippen LogP contribution in [0.4, 0.5) is 0 Å². The zero-order chi connectivity index (χ0) is 19.9. The van der Waals surface area contributed by atoms with Gasteiger partial charge in [0, 0.05) is 12.8 Å². The predicted octanol–water partition coefficient (Wildman–Crippen LogP) is 5.84. The Morgan fingerprint density at radius 3 is 1.96 bits per heavy atom. The molecule has 0 aliphatic heterocycles. The maximum atomic E-state index is 12.1. The van der Waals surface area contributed by atoms with Crippen molar-refractivity contribution in [2.75, 3.05) is 6.61 Å². The quantitative estimate of drug-likeness (QED) is 0.231. The Morgan fingerprint density at radius 2 is 1.33 bits per heavy atom. The highest BCUT2D eigenvalue weighted by Gasteiger charge is 2.18. The van der Waals surface area contributed by atoms with Crippen LogP contribution in [0.2, 0.25) is 0 Å². The van der Waals surface area contributed by atoms with E-state index in [1.807, 2.05) is 13.8 Å². The second-order valence-electron chi connectivity index (χ2n) is 6.65. The van der Waals surface area contributed by atoms with Gasteiger partial charge in [0.1, 0.15) is 0 Å². The van der Waals surface area contributed by atoms with E-state index in [1.165, 1.54) is 0 Å². The Kier molecular flexibility index (Phi) is 12.0. The van der Waals surface area contributed by atoms with E-state index in [9.17, 15) is 9.59 Å². The molecular formula is C22H34O5. The lowest BCUT2D eigenvalue weighted by molar-refractivity contribution is -0.137. The first-order chi connectivity index (χ1) is 13.1. The number of ether oxygens (including phenoxy) is 3. The minimum atomic E-state index is -0.343. The fourth-order valence-electron chi connectivity index (χ4n) is 2.48. The second-order valence-corrected chi connectivity index (χ2v) is 6.65. The first-order valence-electron chi connectivity index (χ1n) is 10.3.